The molecule has 0 aromatic carbocycles. The van der Waals surface area contributed by atoms with Crippen molar-refractivity contribution >= 4 is 35.8 Å². The second kappa shape index (κ2) is 16.9. The Kier molecular flexibility index (Phi) is 17.7. The van der Waals surface area contributed by atoms with Gasteiger partial charge in [-0.2, -0.15) is 0 Å². The molecule has 0 aromatic rings. The Balaban J connectivity index is -0.000000712. The first-order valence-corrected chi connectivity index (χ1v) is 7.81. The number of hydrogen-bond donors (Lipinski definition) is 6. The summed E-state index contributed by atoms with van der Waals surface area (Å²) in [6.45, 7) is 1.43. The van der Waals surface area contributed by atoms with E-state index >= 15 is 0 Å². The van der Waals surface area contributed by atoms with Crippen molar-refractivity contribution in [1.82, 2.24) is 9.80 Å². The Morgan fingerprint density at radius 2 is 0.862 bits per heavy atom. The van der Waals surface area contributed by atoms with Crippen LogP contribution < -0.4 is 0 Å². The van der Waals surface area contributed by atoms with Crippen LogP contribution in [0.3, 0.4) is 0 Å². The van der Waals surface area contributed by atoms with Gasteiger partial charge in [0.15, 0.2) is 0 Å². The summed E-state index contributed by atoms with van der Waals surface area (Å²) in [7, 11) is 0. The van der Waals surface area contributed by atoms with Gasteiger partial charge in [-0.1, -0.05) is 0 Å². The predicted octanol–water partition coefficient (Wildman–Crippen LogP) is -1.50. The quantitative estimate of drug-likeness (QED) is 0.221. The molecule has 0 radical (unpaired) electrons. The van der Waals surface area contributed by atoms with E-state index in [1.807, 2.05) is 0 Å². The Labute approximate surface area is 165 Å². The van der Waals surface area contributed by atoms with Crippen molar-refractivity contribution in [3.05, 3.63) is 0 Å². The maximum atomic E-state index is 10.7. The van der Waals surface area contributed by atoms with Gasteiger partial charge in [0, 0.05) is 26.4 Å². The normalized spacial score (nSPS) is 10.7. The van der Waals surface area contributed by atoms with Gasteiger partial charge in [-0.25, -0.2) is 0 Å². The molecule has 168 valence electrons. The molecule has 0 aromatic heterocycles. The summed E-state index contributed by atoms with van der Waals surface area (Å²) in [5, 5.41) is 49.7. The Bertz CT molecular complexity index is 526. The third kappa shape index (κ3) is 29.7. The van der Waals surface area contributed by atoms with Gasteiger partial charge in [-0.05, 0) is 6.92 Å². The van der Waals surface area contributed by atoms with E-state index in [1.54, 1.807) is 0 Å². The molecule has 0 bridgehead atoms. The minimum atomic E-state index is -1.23. The molecule has 29 heavy (non-hydrogen) atoms. The van der Waals surface area contributed by atoms with Crippen LogP contribution in [-0.2, 0) is 28.8 Å². The fourth-order valence-corrected chi connectivity index (χ4v) is 1.77. The maximum Gasteiger partial charge on any atom is 0.317 e. The average Bonchev–Trinajstić information content (AvgIpc) is 2.42. The molecule has 0 spiro atoms. The molecule has 0 rings (SSSR count). The van der Waals surface area contributed by atoms with Crippen molar-refractivity contribution < 1.29 is 59.4 Å². The van der Waals surface area contributed by atoms with E-state index in [0.717, 1.165) is 23.6 Å². The highest BCUT2D eigenvalue weighted by Crippen LogP contribution is 2.03. The highest BCUT2D eigenvalue weighted by molar-refractivity contribution is 5.73. The summed E-state index contributed by atoms with van der Waals surface area (Å²) in [6.07, 6.45) is 0. The summed E-state index contributed by atoms with van der Waals surface area (Å²) < 4.78 is 0. The Morgan fingerprint density at radius 3 is 1.07 bits per heavy atom. The summed E-state index contributed by atoms with van der Waals surface area (Å²) >= 11 is 0. The molecule has 0 fully saturated rings. The lowest BCUT2D eigenvalue weighted by molar-refractivity contribution is -0.146. The molecule has 0 saturated carbocycles. The van der Waals surface area contributed by atoms with Gasteiger partial charge in [0.25, 0.3) is 11.9 Å². The first-order valence-electron chi connectivity index (χ1n) is 7.81. The van der Waals surface area contributed by atoms with Crippen LogP contribution in [0.2, 0.25) is 0 Å². The number of aliphatic carboxylic acids is 6. The molecule has 14 nitrogen and oxygen atoms in total. The second-order valence-corrected chi connectivity index (χ2v) is 5.54. The number of nitrogens with zero attached hydrogens (tertiary/aromatic N) is 2. The lowest BCUT2D eigenvalue weighted by Crippen LogP contribution is -2.48. The molecular weight excluding hydrogens is 400 g/mol. The van der Waals surface area contributed by atoms with Crippen molar-refractivity contribution in [3.8, 4) is 0 Å². The number of rotatable bonds is 11. The van der Waals surface area contributed by atoms with Gasteiger partial charge in [0.05, 0.1) is 26.2 Å². The van der Waals surface area contributed by atoms with Crippen LogP contribution in [0.4, 0.5) is 0 Å². The highest BCUT2D eigenvalue weighted by atomic mass is 16.4. The predicted molar refractivity (Wildman–Crippen MR) is 94.6 cm³/mol. The molecule has 1 unspecified atom stereocenters. The molecule has 6 N–H and O–H groups in total. The second-order valence-electron chi connectivity index (χ2n) is 5.54. The van der Waals surface area contributed by atoms with E-state index < -0.39 is 68.0 Å². The summed E-state index contributed by atoms with van der Waals surface area (Å²) in [6, 6.07) is -0.643. The molecular formula is C15H26N2O12. The standard InChI is InChI=1S/C11H18N2O8.2C2H4O2/c1-7(13(5-10(18)19)6-11(20)21)2-12(3-8(14)15)4-9(16)17;2*1-2(3)4/h7H,2-6H2,1H3,(H,14,15)(H,16,17)(H,18,19)(H,20,21);2*1H3,(H,3,4). The van der Waals surface area contributed by atoms with Crippen LogP contribution in [0.15, 0.2) is 0 Å². The zero-order valence-corrected chi connectivity index (χ0v) is 16.1. The van der Waals surface area contributed by atoms with Gasteiger partial charge >= 0.3 is 23.9 Å². The van der Waals surface area contributed by atoms with Gasteiger partial charge in [0.2, 0.25) is 0 Å². The Hall–Kier alpha value is -3.26. The SMILES string of the molecule is CC(=O)O.CC(=O)O.CC(CN(CC(=O)O)CC(=O)O)N(CC(=O)O)CC(=O)O. The van der Waals surface area contributed by atoms with E-state index in [9.17, 15) is 19.2 Å². The van der Waals surface area contributed by atoms with Crippen LogP contribution in [0.25, 0.3) is 0 Å². The fraction of sp³-hybridized carbons (Fsp3) is 0.600. The van der Waals surface area contributed by atoms with E-state index in [2.05, 4.69) is 0 Å². The van der Waals surface area contributed by atoms with Crippen molar-refractivity contribution in [1.29, 1.82) is 0 Å². The van der Waals surface area contributed by atoms with Crippen molar-refractivity contribution in [2.75, 3.05) is 32.7 Å². The molecule has 0 aliphatic carbocycles. The van der Waals surface area contributed by atoms with Gasteiger partial charge < -0.3 is 30.6 Å². The minimum absolute atomic E-state index is 0.0842. The molecule has 0 aliphatic rings. The third-order valence-corrected chi connectivity index (χ3v) is 2.54. The number of carboxylic acids is 6. The first-order chi connectivity index (χ1) is 13.1. The van der Waals surface area contributed by atoms with Gasteiger partial charge in [-0.15, -0.1) is 0 Å². The zero-order chi connectivity index (χ0) is 23.7. The van der Waals surface area contributed by atoms with E-state index in [-0.39, 0.29) is 6.54 Å². The van der Waals surface area contributed by atoms with E-state index in [0.29, 0.717) is 0 Å². The van der Waals surface area contributed by atoms with Gasteiger partial charge in [0.1, 0.15) is 0 Å². The summed E-state index contributed by atoms with van der Waals surface area (Å²) in [5.41, 5.74) is 0. The molecule has 14 heteroatoms. The number of hydrogen-bond acceptors (Lipinski definition) is 8. The number of carboxylic acid groups (broad SMARTS) is 6. The van der Waals surface area contributed by atoms with Crippen molar-refractivity contribution in [2.45, 2.75) is 26.8 Å². The van der Waals surface area contributed by atoms with Crippen LogP contribution >= 0.6 is 0 Å². The van der Waals surface area contributed by atoms with E-state index in [1.165, 1.54) is 6.92 Å². The first kappa shape index (κ1) is 30.5. The zero-order valence-electron chi connectivity index (χ0n) is 16.1. The number of carbonyl (C=O) groups is 6. The van der Waals surface area contributed by atoms with Crippen molar-refractivity contribution in [3.63, 3.8) is 0 Å². The molecule has 0 aliphatic heterocycles. The van der Waals surface area contributed by atoms with Gasteiger partial charge in [-0.3, -0.25) is 38.6 Å². The van der Waals surface area contributed by atoms with Crippen molar-refractivity contribution in [2.24, 2.45) is 0 Å². The lowest BCUT2D eigenvalue weighted by atomic mass is 10.2. The van der Waals surface area contributed by atoms with Crippen LogP contribution in [0, 0.1) is 0 Å². The lowest BCUT2D eigenvalue weighted by Gasteiger charge is -2.30. The van der Waals surface area contributed by atoms with E-state index in [4.69, 9.17) is 40.2 Å². The maximum absolute atomic E-state index is 10.7. The topological polar surface area (TPSA) is 230 Å². The van der Waals surface area contributed by atoms with Crippen LogP contribution in [0.1, 0.15) is 20.8 Å². The Morgan fingerprint density at radius 1 is 0.621 bits per heavy atom. The van der Waals surface area contributed by atoms with Crippen LogP contribution in [-0.4, -0.2) is 115 Å². The molecule has 1 atom stereocenters. The molecule has 0 amide bonds. The minimum Gasteiger partial charge on any atom is -0.481 e. The monoisotopic (exact) mass is 426 g/mol. The average molecular weight is 426 g/mol. The summed E-state index contributed by atoms with van der Waals surface area (Å²) in [5.74, 6) is -6.59. The highest BCUT2D eigenvalue weighted by Gasteiger charge is 2.23. The molecule has 0 saturated heterocycles. The summed E-state index contributed by atoms with van der Waals surface area (Å²) in [4.78, 5) is 62.9. The fourth-order valence-electron chi connectivity index (χ4n) is 1.77. The van der Waals surface area contributed by atoms with Crippen LogP contribution in [0.5, 0.6) is 0 Å². The third-order valence-electron chi connectivity index (χ3n) is 2.54. The molecule has 0 heterocycles. The largest absolute Gasteiger partial charge is 0.481 e. The smallest absolute Gasteiger partial charge is 0.317 e.